The fraction of sp³-hybridized carbons (Fsp3) is 0.643. The fourth-order valence-corrected chi connectivity index (χ4v) is 2.87. The summed E-state index contributed by atoms with van der Waals surface area (Å²) in [5.74, 6) is 1.62. The second kappa shape index (κ2) is 6.08. The summed E-state index contributed by atoms with van der Waals surface area (Å²) in [5, 5.41) is 0. The number of hydrogen-bond donors (Lipinski definition) is 1. The van der Waals surface area contributed by atoms with Gasteiger partial charge in [0, 0.05) is 24.6 Å². The van der Waals surface area contributed by atoms with Crippen molar-refractivity contribution in [2.24, 2.45) is 11.7 Å². The van der Waals surface area contributed by atoms with Gasteiger partial charge < -0.3 is 10.6 Å². The number of aromatic nitrogens is 2. The van der Waals surface area contributed by atoms with E-state index >= 15 is 0 Å². The minimum Gasteiger partial charge on any atom is -0.369 e. The summed E-state index contributed by atoms with van der Waals surface area (Å²) >= 11 is 3.44. The predicted octanol–water partition coefficient (Wildman–Crippen LogP) is 2.45. The number of carbonyl (C=O) groups is 1. The topological polar surface area (TPSA) is 72.1 Å². The molecule has 2 unspecified atom stereocenters. The Labute approximate surface area is 128 Å². The molecular weight excluding hydrogens is 320 g/mol. The minimum atomic E-state index is -0.223. The normalized spacial score (nSPS) is 23.1. The molecule has 0 saturated carbocycles. The molecule has 2 heterocycles. The monoisotopic (exact) mass is 340 g/mol. The molecule has 1 fully saturated rings. The lowest BCUT2D eigenvalue weighted by Gasteiger charge is -2.38. The number of nitrogens with two attached hydrogens (primary N) is 1. The van der Waals surface area contributed by atoms with Crippen molar-refractivity contribution in [3.8, 4) is 0 Å². The fourth-order valence-electron chi connectivity index (χ4n) is 2.49. The molecule has 20 heavy (non-hydrogen) atoms. The number of primary amides is 1. The van der Waals surface area contributed by atoms with E-state index in [9.17, 15) is 4.79 Å². The summed E-state index contributed by atoms with van der Waals surface area (Å²) in [6, 6.07) is 2.26. The Balaban J connectivity index is 2.31. The van der Waals surface area contributed by atoms with Crippen LogP contribution in [0.25, 0.3) is 0 Å². The van der Waals surface area contributed by atoms with Gasteiger partial charge in [-0.1, -0.05) is 13.8 Å². The maximum absolute atomic E-state index is 11.4. The lowest BCUT2D eigenvalue weighted by atomic mass is 9.93. The molecule has 1 aromatic rings. The molecule has 0 bridgehead atoms. The quantitative estimate of drug-likeness (QED) is 0.857. The number of hydrogen-bond acceptors (Lipinski definition) is 4. The Hall–Kier alpha value is -1.17. The van der Waals surface area contributed by atoms with Gasteiger partial charge in [0.15, 0.2) is 0 Å². The van der Waals surface area contributed by atoms with Crippen molar-refractivity contribution in [2.75, 3.05) is 11.4 Å². The molecule has 1 saturated heterocycles. The van der Waals surface area contributed by atoms with E-state index in [1.807, 2.05) is 6.07 Å². The van der Waals surface area contributed by atoms with Crippen LogP contribution in [0.2, 0.25) is 0 Å². The molecular formula is C14H21BrN4O. The molecule has 0 radical (unpaired) electrons. The Morgan fingerprint density at radius 1 is 1.45 bits per heavy atom. The van der Waals surface area contributed by atoms with E-state index in [0.29, 0.717) is 12.6 Å². The van der Waals surface area contributed by atoms with Crippen LogP contribution in [0.4, 0.5) is 5.82 Å². The van der Waals surface area contributed by atoms with Crippen LogP contribution >= 0.6 is 15.9 Å². The van der Waals surface area contributed by atoms with E-state index in [4.69, 9.17) is 5.73 Å². The lowest BCUT2D eigenvalue weighted by Crippen LogP contribution is -2.46. The molecule has 6 heteroatoms. The van der Waals surface area contributed by atoms with Gasteiger partial charge in [0.25, 0.3) is 0 Å². The molecule has 0 aliphatic carbocycles. The van der Waals surface area contributed by atoms with E-state index in [1.54, 1.807) is 0 Å². The summed E-state index contributed by atoms with van der Waals surface area (Å²) < 4.78 is 0.777. The molecule has 0 spiro atoms. The van der Waals surface area contributed by atoms with Gasteiger partial charge in [-0.2, -0.15) is 0 Å². The Bertz CT molecular complexity index is 506. The first-order valence-electron chi connectivity index (χ1n) is 6.99. The lowest BCUT2D eigenvalue weighted by molar-refractivity contribution is -0.122. The Morgan fingerprint density at radius 3 is 2.75 bits per heavy atom. The van der Waals surface area contributed by atoms with Crippen LogP contribution in [0.15, 0.2) is 10.7 Å². The van der Waals surface area contributed by atoms with E-state index < -0.39 is 0 Å². The number of anilines is 1. The molecule has 5 nitrogen and oxygen atoms in total. The first kappa shape index (κ1) is 15.2. The van der Waals surface area contributed by atoms with Crippen LogP contribution in [0.5, 0.6) is 0 Å². The van der Waals surface area contributed by atoms with Crippen LogP contribution in [0, 0.1) is 5.92 Å². The number of halogens is 1. The van der Waals surface area contributed by atoms with Gasteiger partial charge in [-0.3, -0.25) is 4.79 Å². The van der Waals surface area contributed by atoms with E-state index in [1.165, 1.54) is 0 Å². The smallest absolute Gasteiger partial charge is 0.222 e. The zero-order valence-corrected chi connectivity index (χ0v) is 13.7. The average molecular weight is 341 g/mol. The standard InChI is InChI=1S/C14H21BrN4O/c1-8(2)14-17-11(15)6-12(18-14)19-7-10(13(16)20)5-4-9(19)3/h6,8-10H,4-5,7H2,1-3H3,(H2,16,20). The van der Waals surface area contributed by atoms with Gasteiger partial charge in [0.1, 0.15) is 16.2 Å². The second-order valence-corrected chi connectivity index (χ2v) is 6.55. The van der Waals surface area contributed by atoms with Crippen LogP contribution in [0.1, 0.15) is 45.4 Å². The molecule has 1 aliphatic heterocycles. The molecule has 1 aliphatic rings. The van der Waals surface area contributed by atoms with Crippen LogP contribution < -0.4 is 10.6 Å². The van der Waals surface area contributed by atoms with Gasteiger partial charge in [0.05, 0.1) is 5.92 Å². The average Bonchev–Trinajstić information content (AvgIpc) is 2.38. The molecule has 2 N–H and O–H groups in total. The zero-order valence-electron chi connectivity index (χ0n) is 12.1. The number of rotatable bonds is 3. The van der Waals surface area contributed by atoms with Crippen molar-refractivity contribution in [3.05, 3.63) is 16.5 Å². The van der Waals surface area contributed by atoms with Gasteiger partial charge in [0.2, 0.25) is 5.91 Å². The van der Waals surface area contributed by atoms with Crippen LogP contribution in [-0.4, -0.2) is 28.5 Å². The molecule has 2 atom stereocenters. The second-order valence-electron chi connectivity index (χ2n) is 5.74. The SMILES string of the molecule is CC(C)c1nc(Br)cc(N2CC(C(N)=O)CCC2C)n1. The van der Waals surface area contributed by atoms with Gasteiger partial charge >= 0.3 is 0 Å². The van der Waals surface area contributed by atoms with Crippen LogP contribution in [0.3, 0.4) is 0 Å². The molecule has 110 valence electrons. The number of nitrogens with zero attached hydrogens (tertiary/aromatic N) is 3. The summed E-state index contributed by atoms with van der Waals surface area (Å²) in [5.41, 5.74) is 5.45. The number of amides is 1. The predicted molar refractivity (Wildman–Crippen MR) is 82.5 cm³/mol. The third kappa shape index (κ3) is 3.29. The first-order valence-corrected chi connectivity index (χ1v) is 7.78. The van der Waals surface area contributed by atoms with Crippen molar-refractivity contribution < 1.29 is 4.79 Å². The summed E-state index contributed by atoms with van der Waals surface area (Å²) in [6.07, 6.45) is 1.81. The highest BCUT2D eigenvalue weighted by Crippen LogP contribution is 2.28. The minimum absolute atomic E-state index is 0.0950. The van der Waals surface area contributed by atoms with E-state index in [0.717, 1.165) is 29.1 Å². The summed E-state index contributed by atoms with van der Waals surface area (Å²) in [4.78, 5) is 22.6. The molecule has 1 amide bonds. The van der Waals surface area contributed by atoms with Gasteiger partial charge in [-0.05, 0) is 35.7 Å². The van der Waals surface area contributed by atoms with Crippen LogP contribution in [-0.2, 0) is 4.79 Å². The van der Waals surface area contributed by atoms with Gasteiger partial charge in [-0.15, -0.1) is 0 Å². The van der Waals surface area contributed by atoms with Crippen molar-refractivity contribution in [1.29, 1.82) is 0 Å². The zero-order chi connectivity index (χ0) is 14.9. The first-order chi connectivity index (χ1) is 9.38. The van der Waals surface area contributed by atoms with Crippen molar-refractivity contribution in [1.82, 2.24) is 9.97 Å². The van der Waals surface area contributed by atoms with Crippen molar-refractivity contribution in [2.45, 2.75) is 45.6 Å². The van der Waals surface area contributed by atoms with Gasteiger partial charge in [-0.25, -0.2) is 9.97 Å². The largest absolute Gasteiger partial charge is 0.369 e. The van der Waals surface area contributed by atoms with E-state index in [-0.39, 0.29) is 17.7 Å². The number of piperidine rings is 1. The summed E-state index contributed by atoms with van der Waals surface area (Å²) in [7, 11) is 0. The highest BCUT2D eigenvalue weighted by atomic mass is 79.9. The Kier molecular flexibility index (Phi) is 4.62. The number of carbonyl (C=O) groups excluding carboxylic acids is 1. The maximum atomic E-state index is 11.4. The molecule has 2 rings (SSSR count). The van der Waals surface area contributed by atoms with Crippen molar-refractivity contribution >= 4 is 27.7 Å². The van der Waals surface area contributed by atoms with Crippen molar-refractivity contribution in [3.63, 3.8) is 0 Å². The molecule has 1 aromatic heterocycles. The highest BCUT2D eigenvalue weighted by Gasteiger charge is 2.30. The third-order valence-corrected chi connectivity index (χ3v) is 4.20. The molecule has 0 aromatic carbocycles. The van der Waals surface area contributed by atoms with E-state index in [2.05, 4.69) is 51.6 Å². The third-order valence-electron chi connectivity index (χ3n) is 3.79. The maximum Gasteiger partial charge on any atom is 0.222 e. The highest BCUT2D eigenvalue weighted by molar-refractivity contribution is 9.10. The summed E-state index contributed by atoms with van der Waals surface area (Å²) in [6.45, 7) is 6.93. The Morgan fingerprint density at radius 2 is 2.15 bits per heavy atom.